The highest BCUT2D eigenvalue weighted by Crippen LogP contribution is 2.17. The molecule has 1 heterocycles. The van der Waals surface area contributed by atoms with Gasteiger partial charge in [-0.3, -0.25) is 14.9 Å². The lowest BCUT2D eigenvalue weighted by Gasteiger charge is -1.95. The molecule has 20 heavy (non-hydrogen) atoms. The molecule has 0 N–H and O–H groups in total. The Morgan fingerprint density at radius 2 is 2.05 bits per heavy atom. The highest BCUT2D eigenvalue weighted by molar-refractivity contribution is 6.07. The standard InChI is InChI=1S/C15H13NO4/c1-10-8-14(11(2)20-10)15(17)7-6-12-4-3-5-13(9-12)16(18)19/h3-9H,1-2H3/b7-6+. The van der Waals surface area contributed by atoms with Gasteiger partial charge < -0.3 is 4.42 Å². The van der Waals surface area contributed by atoms with Crippen molar-refractivity contribution in [2.45, 2.75) is 13.8 Å². The summed E-state index contributed by atoms with van der Waals surface area (Å²) in [7, 11) is 0. The van der Waals surface area contributed by atoms with Crippen molar-refractivity contribution in [2.24, 2.45) is 0 Å². The van der Waals surface area contributed by atoms with E-state index < -0.39 is 4.92 Å². The Balaban J connectivity index is 2.21. The molecular weight excluding hydrogens is 258 g/mol. The second-order valence-electron chi connectivity index (χ2n) is 4.38. The van der Waals surface area contributed by atoms with Crippen LogP contribution in [0.5, 0.6) is 0 Å². The summed E-state index contributed by atoms with van der Waals surface area (Å²) in [5, 5.41) is 10.7. The Bertz CT molecular complexity index is 698. The number of furan rings is 1. The number of nitrogens with zero attached hydrogens (tertiary/aromatic N) is 1. The maximum absolute atomic E-state index is 12.0. The first-order valence-electron chi connectivity index (χ1n) is 6.01. The SMILES string of the molecule is Cc1cc(C(=O)/C=C/c2cccc([N+](=O)[O-])c2)c(C)o1. The molecule has 2 aromatic rings. The van der Waals surface area contributed by atoms with E-state index in [0.717, 1.165) is 0 Å². The molecule has 5 heteroatoms. The fourth-order valence-corrected chi connectivity index (χ4v) is 1.88. The number of carbonyl (C=O) groups excluding carboxylic acids is 1. The third-order valence-corrected chi connectivity index (χ3v) is 2.81. The lowest BCUT2D eigenvalue weighted by Crippen LogP contribution is -1.94. The van der Waals surface area contributed by atoms with E-state index in [-0.39, 0.29) is 11.5 Å². The van der Waals surface area contributed by atoms with E-state index >= 15 is 0 Å². The molecule has 0 spiro atoms. The van der Waals surface area contributed by atoms with Crippen LogP contribution >= 0.6 is 0 Å². The van der Waals surface area contributed by atoms with E-state index in [2.05, 4.69) is 0 Å². The van der Waals surface area contributed by atoms with Crippen molar-refractivity contribution in [3.63, 3.8) is 0 Å². The fourth-order valence-electron chi connectivity index (χ4n) is 1.88. The molecule has 0 amide bonds. The average molecular weight is 271 g/mol. The number of nitro groups is 1. The van der Waals surface area contributed by atoms with Gasteiger partial charge in [0.25, 0.3) is 5.69 Å². The molecule has 0 fully saturated rings. The van der Waals surface area contributed by atoms with Gasteiger partial charge in [-0.15, -0.1) is 0 Å². The predicted octanol–water partition coefficient (Wildman–Crippen LogP) is 3.70. The number of aryl methyl sites for hydroxylation is 2. The number of carbonyl (C=O) groups is 1. The smallest absolute Gasteiger partial charge is 0.270 e. The molecule has 1 aromatic carbocycles. The predicted molar refractivity (Wildman–Crippen MR) is 74.6 cm³/mol. The van der Waals surface area contributed by atoms with Crippen LogP contribution in [-0.2, 0) is 0 Å². The number of allylic oxidation sites excluding steroid dienone is 1. The minimum Gasteiger partial charge on any atom is -0.466 e. The third-order valence-electron chi connectivity index (χ3n) is 2.81. The van der Waals surface area contributed by atoms with Crippen molar-refractivity contribution in [3.05, 3.63) is 69.2 Å². The monoisotopic (exact) mass is 271 g/mol. The fraction of sp³-hybridized carbons (Fsp3) is 0.133. The second-order valence-corrected chi connectivity index (χ2v) is 4.38. The molecule has 0 saturated heterocycles. The number of hydrogen-bond acceptors (Lipinski definition) is 4. The minimum atomic E-state index is -0.469. The van der Waals surface area contributed by atoms with E-state index in [4.69, 9.17) is 4.42 Å². The number of rotatable bonds is 4. The van der Waals surface area contributed by atoms with Crippen LogP contribution in [0, 0.1) is 24.0 Å². The Labute approximate surface area is 115 Å². The van der Waals surface area contributed by atoms with Crippen LogP contribution in [-0.4, -0.2) is 10.7 Å². The van der Waals surface area contributed by atoms with E-state index in [1.807, 2.05) is 0 Å². The second kappa shape index (κ2) is 5.52. The number of non-ortho nitro benzene ring substituents is 1. The third kappa shape index (κ3) is 3.00. The number of nitro benzene ring substituents is 1. The highest BCUT2D eigenvalue weighted by Gasteiger charge is 2.10. The van der Waals surface area contributed by atoms with Gasteiger partial charge in [-0.25, -0.2) is 0 Å². The molecule has 0 saturated carbocycles. The van der Waals surface area contributed by atoms with Crippen LogP contribution in [0.25, 0.3) is 6.08 Å². The number of benzene rings is 1. The van der Waals surface area contributed by atoms with E-state index in [0.29, 0.717) is 22.6 Å². The van der Waals surface area contributed by atoms with Crippen LogP contribution in [0.15, 0.2) is 40.8 Å². The zero-order valence-corrected chi connectivity index (χ0v) is 11.1. The molecule has 0 unspecified atom stereocenters. The van der Waals surface area contributed by atoms with Gasteiger partial charge in [0.2, 0.25) is 0 Å². The first-order valence-corrected chi connectivity index (χ1v) is 6.01. The summed E-state index contributed by atoms with van der Waals surface area (Å²) in [6.45, 7) is 3.50. The van der Waals surface area contributed by atoms with Crippen LogP contribution in [0.2, 0.25) is 0 Å². The summed E-state index contributed by atoms with van der Waals surface area (Å²) < 4.78 is 5.29. The summed E-state index contributed by atoms with van der Waals surface area (Å²) in [4.78, 5) is 22.2. The van der Waals surface area contributed by atoms with Gasteiger partial charge in [-0.05, 0) is 31.6 Å². The van der Waals surface area contributed by atoms with Crippen LogP contribution in [0.1, 0.15) is 27.4 Å². The first-order chi connectivity index (χ1) is 9.47. The van der Waals surface area contributed by atoms with Gasteiger partial charge in [0.15, 0.2) is 5.78 Å². The Morgan fingerprint density at radius 1 is 1.30 bits per heavy atom. The minimum absolute atomic E-state index is 0.00469. The maximum atomic E-state index is 12.0. The van der Waals surface area contributed by atoms with Crippen molar-refractivity contribution in [3.8, 4) is 0 Å². The zero-order valence-electron chi connectivity index (χ0n) is 11.1. The van der Waals surface area contributed by atoms with Gasteiger partial charge in [-0.2, -0.15) is 0 Å². The molecule has 1 aromatic heterocycles. The van der Waals surface area contributed by atoms with Gasteiger partial charge in [-0.1, -0.05) is 18.2 Å². The average Bonchev–Trinajstić information content (AvgIpc) is 2.75. The molecule has 0 aliphatic carbocycles. The van der Waals surface area contributed by atoms with Crippen molar-refractivity contribution >= 4 is 17.5 Å². The normalized spacial score (nSPS) is 10.9. The lowest BCUT2D eigenvalue weighted by atomic mass is 10.1. The maximum Gasteiger partial charge on any atom is 0.270 e. The molecule has 0 radical (unpaired) electrons. The van der Waals surface area contributed by atoms with Crippen LogP contribution in [0.3, 0.4) is 0 Å². The molecule has 5 nitrogen and oxygen atoms in total. The van der Waals surface area contributed by atoms with Crippen molar-refractivity contribution in [1.29, 1.82) is 0 Å². The van der Waals surface area contributed by atoms with Gasteiger partial charge in [0.1, 0.15) is 11.5 Å². The summed E-state index contributed by atoms with van der Waals surface area (Å²) in [5.41, 5.74) is 1.10. The summed E-state index contributed by atoms with van der Waals surface area (Å²) in [5.74, 6) is 1.05. The van der Waals surface area contributed by atoms with Crippen molar-refractivity contribution in [2.75, 3.05) is 0 Å². The Morgan fingerprint density at radius 3 is 2.65 bits per heavy atom. The number of ketones is 1. The quantitative estimate of drug-likeness (QED) is 0.368. The van der Waals surface area contributed by atoms with Crippen LogP contribution < -0.4 is 0 Å². The molecule has 0 atom stereocenters. The first kappa shape index (κ1) is 13.7. The zero-order chi connectivity index (χ0) is 14.7. The summed E-state index contributed by atoms with van der Waals surface area (Å²) >= 11 is 0. The van der Waals surface area contributed by atoms with Crippen molar-refractivity contribution < 1.29 is 14.1 Å². The summed E-state index contributed by atoms with van der Waals surface area (Å²) in [6.07, 6.45) is 2.94. The molecular formula is C15H13NO4. The highest BCUT2D eigenvalue weighted by atomic mass is 16.6. The molecule has 0 aliphatic heterocycles. The molecule has 0 aliphatic rings. The van der Waals surface area contributed by atoms with Crippen LogP contribution in [0.4, 0.5) is 5.69 Å². The number of hydrogen-bond donors (Lipinski definition) is 0. The van der Waals surface area contributed by atoms with Gasteiger partial charge >= 0.3 is 0 Å². The van der Waals surface area contributed by atoms with Gasteiger partial charge in [0.05, 0.1) is 10.5 Å². The van der Waals surface area contributed by atoms with E-state index in [9.17, 15) is 14.9 Å². The van der Waals surface area contributed by atoms with Gasteiger partial charge in [0, 0.05) is 12.1 Å². The molecule has 2 rings (SSSR count). The van der Waals surface area contributed by atoms with E-state index in [1.54, 1.807) is 38.1 Å². The topological polar surface area (TPSA) is 73.3 Å². The Hall–Kier alpha value is -2.69. The molecule has 0 bridgehead atoms. The summed E-state index contributed by atoms with van der Waals surface area (Å²) in [6, 6.07) is 7.77. The van der Waals surface area contributed by atoms with E-state index in [1.165, 1.54) is 18.2 Å². The largest absolute Gasteiger partial charge is 0.466 e. The Kier molecular flexibility index (Phi) is 3.79. The lowest BCUT2D eigenvalue weighted by molar-refractivity contribution is -0.384. The van der Waals surface area contributed by atoms with Crippen molar-refractivity contribution in [1.82, 2.24) is 0 Å². The molecule has 102 valence electrons.